The van der Waals surface area contributed by atoms with Crippen LogP contribution in [0.1, 0.15) is 27.8 Å². The molecule has 1 aromatic carbocycles. The Morgan fingerprint density at radius 3 is 2.86 bits per heavy atom. The van der Waals surface area contributed by atoms with E-state index < -0.39 is 12.3 Å². The number of fused-ring (bicyclic) bond motifs is 1. The molecule has 0 bridgehead atoms. The van der Waals surface area contributed by atoms with Gasteiger partial charge in [-0.25, -0.2) is 4.79 Å². The van der Waals surface area contributed by atoms with E-state index in [9.17, 15) is 9.90 Å². The van der Waals surface area contributed by atoms with Gasteiger partial charge in [-0.05, 0) is 24.6 Å². The highest BCUT2D eigenvalue weighted by molar-refractivity contribution is 5.96. The van der Waals surface area contributed by atoms with E-state index in [0.29, 0.717) is 16.9 Å². The van der Waals surface area contributed by atoms with Gasteiger partial charge in [0, 0.05) is 5.56 Å². The van der Waals surface area contributed by atoms with Crippen LogP contribution in [0.5, 0.6) is 5.75 Å². The average Bonchev–Trinajstić information content (AvgIpc) is 2.41. The molecule has 1 unspecified atom stereocenters. The van der Waals surface area contributed by atoms with Gasteiger partial charge in [0.05, 0.1) is 7.11 Å². The van der Waals surface area contributed by atoms with E-state index in [4.69, 9.17) is 4.74 Å². The van der Waals surface area contributed by atoms with Gasteiger partial charge in [0.2, 0.25) is 6.29 Å². The quantitative estimate of drug-likeness (QED) is 0.681. The monoisotopic (exact) mass is 194 g/mol. The van der Waals surface area contributed by atoms with Crippen molar-refractivity contribution in [1.29, 1.82) is 0 Å². The molecule has 0 radical (unpaired) electrons. The number of aryl methyl sites for hydroxylation is 1. The summed E-state index contributed by atoms with van der Waals surface area (Å²) in [7, 11) is 1.48. The van der Waals surface area contributed by atoms with E-state index in [2.05, 4.69) is 4.74 Å². The van der Waals surface area contributed by atoms with Gasteiger partial charge >= 0.3 is 5.97 Å². The zero-order chi connectivity index (χ0) is 10.3. The fraction of sp³-hybridized carbons (Fsp3) is 0.300. The first-order valence-electron chi connectivity index (χ1n) is 4.21. The molecule has 0 fully saturated rings. The Labute approximate surface area is 81.1 Å². The van der Waals surface area contributed by atoms with Gasteiger partial charge in [-0.15, -0.1) is 0 Å². The Balaban J connectivity index is 2.66. The Hall–Kier alpha value is -1.55. The second kappa shape index (κ2) is 2.99. The van der Waals surface area contributed by atoms with Crippen LogP contribution in [0.25, 0.3) is 0 Å². The van der Waals surface area contributed by atoms with Crippen molar-refractivity contribution in [3.05, 3.63) is 28.8 Å². The van der Waals surface area contributed by atoms with E-state index in [0.717, 1.165) is 5.56 Å². The molecule has 1 aliphatic heterocycles. The summed E-state index contributed by atoms with van der Waals surface area (Å²) in [5.74, 6) is -0.0918. The predicted octanol–water partition coefficient (Wildman–Crippen LogP) is 1.16. The molecule has 1 aliphatic rings. The lowest BCUT2D eigenvalue weighted by atomic mass is 10.0. The maximum absolute atomic E-state index is 11.3. The molecule has 14 heavy (non-hydrogen) atoms. The minimum atomic E-state index is -1.16. The molecule has 1 heterocycles. The second-order valence-electron chi connectivity index (χ2n) is 3.19. The van der Waals surface area contributed by atoms with Crippen molar-refractivity contribution in [2.24, 2.45) is 0 Å². The number of carbonyl (C=O) groups excluding carboxylic acids is 1. The van der Waals surface area contributed by atoms with Crippen molar-refractivity contribution in [1.82, 2.24) is 0 Å². The molecule has 2 rings (SSSR count). The lowest BCUT2D eigenvalue weighted by Crippen LogP contribution is -1.98. The number of esters is 1. The fourth-order valence-corrected chi connectivity index (χ4v) is 1.58. The van der Waals surface area contributed by atoms with E-state index in [-0.39, 0.29) is 0 Å². The standard InChI is InChI=1S/C10H10O4/c1-5-3-6-8(7(4-5)13-2)10(12)14-9(6)11/h3-4,9,11H,1-2H3. The number of methoxy groups -OCH3 is 1. The van der Waals surface area contributed by atoms with E-state index in [1.54, 1.807) is 12.1 Å². The average molecular weight is 194 g/mol. The highest BCUT2D eigenvalue weighted by atomic mass is 16.6. The number of aliphatic hydroxyl groups excluding tert-OH is 1. The van der Waals surface area contributed by atoms with Crippen molar-refractivity contribution >= 4 is 5.97 Å². The van der Waals surface area contributed by atoms with Gasteiger partial charge in [-0.1, -0.05) is 0 Å². The molecular weight excluding hydrogens is 184 g/mol. The third-order valence-corrected chi connectivity index (χ3v) is 2.19. The van der Waals surface area contributed by atoms with Crippen LogP contribution in [0.4, 0.5) is 0 Å². The number of cyclic esters (lactones) is 1. The summed E-state index contributed by atoms with van der Waals surface area (Å²) < 4.78 is 9.71. The summed E-state index contributed by atoms with van der Waals surface area (Å²) in [6, 6.07) is 3.45. The van der Waals surface area contributed by atoms with Gasteiger partial charge in [-0.2, -0.15) is 0 Å². The van der Waals surface area contributed by atoms with Crippen molar-refractivity contribution in [2.75, 3.05) is 7.11 Å². The summed E-state index contributed by atoms with van der Waals surface area (Å²) in [6.45, 7) is 1.86. The van der Waals surface area contributed by atoms with Crippen LogP contribution in [0.15, 0.2) is 12.1 Å². The van der Waals surface area contributed by atoms with E-state index in [1.165, 1.54) is 7.11 Å². The molecular formula is C10H10O4. The Morgan fingerprint density at radius 2 is 2.21 bits per heavy atom. The van der Waals surface area contributed by atoms with Crippen LogP contribution in [-0.4, -0.2) is 18.2 Å². The van der Waals surface area contributed by atoms with Gasteiger partial charge in [0.15, 0.2) is 0 Å². The largest absolute Gasteiger partial charge is 0.496 e. The second-order valence-corrected chi connectivity index (χ2v) is 3.19. The molecule has 0 amide bonds. The number of benzene rings is 1. The lowest BCUT2D eigenvalue weighted by Gasteiger charge is -2.06. The molecule has 74 valence electrons. The first-order valence-corrected chi connectivity index (χ1v) is 4.21. The SMILES string of the molecule is COc1cc(C)cc2c1C(=O)OC2O. The number of rotatable bonds is 1. The Kier molecular flexibility index (Phi) is 1.93. The zero-order valence-electron chi connectivity index (χ0n) is 7.90. The number of ether oxygens (including phenoxy) is 2. The minimum absolute atomic E-state index is 0.325. The van der Waals surface area contributed by atoms with Crippen molar-refractivity contribution < 1.29 is 19.4 Å². The molecule has 4 nitrogen and oxygen atoms in total. The number of carbonyl (C=O) groups is 1. The normalized spacial score (nSPS) is 19.1. The molecule has 1 atom stereocenters. The summed E-state index contributed by atoms with van der Waals surface area (Å²) in [5, 5.41) is 9.40. The van der Waals surface area contributed by atoms with Crippen molar-refractivity contribution in [3.63, 3.8) is 0 Å². The maximum atomic E-state index is 11.3. The highest BCUT2D eigenvalue weighted by Crippen LogP contribution is 2.35. The van der Waals surface area contributed by atoms with Crippen LogP contribution in [-0.2, 0) is 4.74 Å². The van der Waals surface area contributed by atoms with Crippen LogP contribution >= 0.6 is 0 Å². The topological polar surface area (TPSA) is 55.8 Å². The molecule has 0 aliphatic carbocycles. The first kappa shape index (κ1) is 9.02. The molecule has 4 heteroatoms. The highest BCUT2D eigenvalue weighted by Gasteiger charge is 2.32. The number of hydrogen-bond acceptors (Lipinski definition) is 4. The van der Waals surface area contributed by atoms with Crippen LogP contribution < -0.4 is 4.74 Å². The van der Waals surface area contributed by atoms with Crippen molar-refractivity contribution in [3.8, 4) is 5.75 Å². The Morgan fingerprint density at radius 1 is 1.50 bits per heavy atom. The zero-order valence-corrected chi connectivity index (χ0v) is 7.90. The molecule has 0 saturated heterocycles. The van der Waals surface area contributed by atoms with Gasteiger partial charge in [0.25, 0.3) is 0 Å². The lowest BCUT2D eigenvalue weighted by molar-refractivity contribution is -0.0548. The Bertz CT molecular complexity index is 397. The number of aliphatic hydroxyl groups is 1. The van der Waals surface area contributed by atoms with Gasteiger partial charge in [0.1, 0.15) is 11.3 Å². The fourth-order valence-electron chi connectivity index (χ4n) is 1.58. The van der Waals surface area contributed by atoms with Crippen LogP contribution in [0.2, 0.25) is 0 Å². The molecule has 1 N–H and O–H groups in total. The third kappa shape index (κ3) is 1.15. The number of hydrogen-bond donors (Lipinski definition) is 1. The summed E-state index contributed by atoms with van der Waals surface area (Å²) in [6.07, 6.45) is -1.16. The van der Waals surface area contributed by atoms with E-state index in [1.807, 2.05) is 6.92 Å². The van der Waals surface area contributed by atoms with Crippen LogP contribution in [0.3, 0.4) is 0 Å². The smallest absolute Gasteiger partial charge is 0.345 e. The summed E-state index contributed by atoms with van der Waals surface area (Å²) in [5.41, 5.74) is 1.72. The van der Waals surface area contributed by atoms with Gasteiger partial charge < -0.3 is 14.6 Å². The summed E-state index contributed by atoms with van der Waals surface area (Å²) in [4.78, 5) is 11.3. The van der Waals surface area contributed by atoms with Gasteiger partial charge in [-0.3, -0.25) is 0 Å². The van der Waals surface area contributed by atoms with Crippen LogP contribution in [0, 0.1) is 6.92 Å². The molecule has 1 aromatic rings. The maximum Gasteiger partial charge on any atom is 0.345 e. The summed E-state index contributed by atoms with van der Waals surface area (Å²) >= 11 is 0. The van der Waals surface area contributed by atoms with Crippen molar-refractivity contribution in [2.45, 2.75) is 13.2 Å². The predicted molar refractivity (Wildman–Crippen MR) is 48.1 cm³/mol. The minimum Gasteiger partial charge on any atom is -0.496 e. The molecule has 0 spiro atoms. The van der Waals surface area contributed by atoms with E-state index >= 15 is 0 Å². The molecule has 0 aromatic heterocycles. The first-order chi connectivity index (χ1) is 6.63. The molecule has 0 saturated carbocycles. The third-order valence-electron chi connectivity index (χ3n) is 2.19.